The van der Waals surface area contributed by atoms with Crippen LogP contribution in [0.4, 0.5) is 0 Å². The summed E-state index contributed by atoms with van der Waals surface area (Å²) in [4.78, 5) is 36.4. The number of hydrogen-bond donors (Lipinski definition) is 2. The first kappa shape index (κ1) is 13.4. The number of rotatable bonds is 3. The van der Waals surface area contributed by atoms with Gasteiger partial charge in [0.1, 0.15) is 5.69 Å². The van der Waals surface area contributed by atoms with E-state index < -0.39 is 0 Å². The van der Waals surface area contributed by atoms with Crippen LogP contribution in [0.5, 0.6) is 0 Å². The Morgan fingerprint density at radius 3 is 2.89 bits per heavy atom. The van der Waals surface area contributed by atoms with Crippen molar-refractivity contribution in [3.63, 3.8) is 0 Å². The number of H-pyrrole nitrogens is 2. The van der Waals surface area contributed by atoms with Gasteiger partial charge in [-0.2, -0.15) is 0 Å². The quantitative estimate of drug-likeness (QED) is 0.760. The summed E-state index contributed by atoms with van der Waals surface area (Å²) in [6.07, 6.45) is 1.48. The average molecular weight is 267 g/mol. The maximum Gasteiger partial charge on any atom is 0.310 e. The lowest BCUT2D eigenvalue weighted by molar-refractivity contribution is -0.149. The number of hydrogen-bond acceptors (Lipinski definition) is 4. The van der Waals surface area contributed by atoms with Gasteiger partial charge in [0.2, 0.25) is 0 Å². The van der Waals surface area contributed by atoms with Gasteiger partial charge in [0, 0.05) is 19.2 Å². The fraction of sp³-hybridized carbons (Fsp3) is 0.583. The Morgan fingerprint density at radius 2 is 2.26 bits per heavy atom. The predicted octanol–water partition coefficient (Wildman–Crippen LogP) is 0.118. The zero-order chi connectivity index (χ0) is 13.8. The van der Waals surface area contributed by atoms with Gasteiger partial charge in [-0.25, -0.2) is 0 Å². The lowest BCUT2D eigenvalue weighted by Crippen LogP contribution is -2.43. The first-order valence-electron chi connectivity index (χ1n) is 6.35. The second-order valence-electron chi connectivity index (χ2n) is 4.51. The second-order valence-corrected chi connectivity index (χ2v) is 4.51. The molecular weight excluding hydrogens is 250 g/mol. The van der Waals surface area contributed by atoms with Gasteiger partial charge < -0.3 is 9.64 Å². The van der Waals surface area contributed by atoms with Gasteiger partial charge in [0.15, 0.2) is 0 Å². The minimum Gasteiger partial charge on any atom is -0.466 e. The average Bonchev–Trinajstić information content (AvgIpc) is 2.85. The molecule has 1 amide bonds. The molecule has 0 aliphatic carbocycles. The van der Waals surface area contributed by atoms with Gasteiger partial charge >= 0.3 is 5.97 Å². The molecule has 1 aromatic rings. The minimum absolute atomic E-state index is 0.217. The van der Waals surface area contributed by atoms with E-state index in [9.17, 15) is 14.4 Å². The molecule has 1 aromatic heterocycles. The Hall–Kier alpha value is -2.05. The van der Waals surface area contributed by atoms with Gasteiger partial charge in [0.25, 0.3) is 11.5 Å². The summed E-state index contributed by atoms with van der Waals surface area (Å²) in [5.74, 6) is -0.807. The van der Waals surface area contributed by atoms with Gasteiger partial charge in [-0.05, 0) is 19.8 Å². The van der Waals surface area contributed by atoms with Crippen LogP contribution in [0, 0.1) is 5.92 Å². The number of piperidine rings is 1. The molecule has 2 N–H and O–H groups in total. The zero-order valence-corrected chi connectivity index (χ0v) is 10.8. The molecule has 0 radical (unpaired) electrons. The van der Waals surface area contributed by atoms with E-state index in [1.807, 2.05) is 0 Å². The topological polar surface area (TPSA) is 95.3 Å². The van der Waals surface area contributed by atoms with Gasteiger partial charge in [-0.15, -0.1) is 0 Å². The molecule has 104 valence electrons. The SMILES string of the molecule is CCOC(=O)C1CCCN(C(=O)c2cc(=O)[nH][nH]2)C1. The minimum atomic E-state index is -0.345. The zero-order valence-electron chi connectivity index (χ0n) is 10.8. The van der Waals surface area contributed by atoms with Crippen molar-refractivity contribution in [1.82, 2.24) is 15.1 Å². The van der Waals surface area contributed by atoms with E-state index in [4.69, 9.17) is 4.74 Å². The van der Waals surface area contributed by atoms with E-state index in [2.05, 4.69) is 10.2 Å². The smallest absolute Gasteiger partial charge is 0.310 e. The monoisotopic (exact) mass is 267 g/mol. The number of aromatic nitrogens is 2. The summed E-state index contributed by atoms with van der Waals surface area (Å²) in [5.41, 5.74) is -0.128. The van der Waals surface area contributed by atoms with Crippen molar-refractivity contribution >= 4 is 11.9 Å². The lowest BCUT2D eigenvalue weighted by Gasteiger charge is -2.31. The summed E-state index contributed by atoms with van der Waals surface area (Å²) < 4.78 is 4.98. The van der Waals surface area contributed by atoms with E-state index in [0.717, 1.165) is 12.8 Å². The van der Waals surface area contributed by atoms with E-state index in [1.54, 1.807) is 11.8 Å². The standard InChI is InChI=1S/C12H17N3O4/c1-2-19-12(18)8-4-3-5-15(7-8)11(17)9-6-10(16)14-13-9/h6,8H,2-5,7H2,1H3,(H2,13,14,16). The van der Waals surface area contributed by atoms with Crippen LogP contribution >= 0.6 is 0 Å². The van der Waals surface area contributed by atoms with E-state index >= 15 is 0 Å². The number of nitrogens with one attached hydrogen (secondary N) is 2. The third kappa shape index (κ3) is 3.04. The molecule has 0 bridgehead atoms. The summed E-state index contributed by atoms with van der Waals surface area (Å²) in [5, 5.41) is 4.85. The number of amides is 1. The summed E-state index contributed by atoms with van der Waals surface area (Å²) >= 11 is 0. The van der Waals surface area contributed by atoms with Gasteiger partial charge in [-0.1, -0.05) is 0 Å². The Balaban J connectivity index is 2.03. The van der Waals surface area contributed by atoms with Crippen LogP contribution in [0.1, 0.15) is 30.3 Å². The molecule has 1 saturated heterocycles. The number of aromatic amines is 2. The highest BCUT2D eigenvalue weighted by Gasteiger charge is 2.30. The first-order valence-corrected chi connectivity index (χ1v) is 6.35. The van der Waals surface area contributed by atoms with E-state index in [0.29, 0.717) is 19.7 Å². The molecule has 2 rings (SSSR count). The summed E-state index contributed by atoms with van der Waals surface area (Å²) in [7, 11) is 0. The largest absolute Gasteiger partial charge is 0.466 e. The highest BCUT2D eigenvalue weighted by molar-refractivity contribution is 5.92. The van der Waals surface area contributed by atoms with Crippen LogP contribution in [0.15, 0.2) is 10.9 Å². The number of esters is 1. The molecule has 7 nitrogen and oxygen atoms in total. The Bertz CT molecular complexity index is 519. The van der Waals surface area contributed by atoms with Crippen molar-refractivity contribution in [2.45, 2.75) is 19.8 Å². The molecule has 0 saturated carbocycles. The van der Waals surface area contributed by atoms with Crippen molar-refractivity contribution < 1.29 is 14.3 Å². The molecule has 19 heavy (non-hydrogen) atoms. The maximum atomic E-state index is 12.1. The van der Waals surface area contributed by atoms with Crippen LogP contribution in [0.2, 0.25) is 0 Å². The number of nitrogens with zero attached hydrogens (tertiary/aromatic N) is 1. The Labute approximate surface area is 109 Å². The molecule has 2 heterocycles. The fourth-order valence-electron chi connectivity index (χ4n) is 2.23. The van der Waals surface area contributed by atoms with Crippen molar-refractivity contribution in [3.8, 4) is 0 Å². The van der Waals surface area contributed by atoms with Crippen molar-refractivity contribution in [2.75, 3.05) is 19.7 Å². The van der Waals surface area contributed by atoms with Crippen LogP contribution in [-0.2, 0) is 9.53 Å². The molecule has 0 spiro atoms. The Kier molecular flexibility index (Phi) is 4.03. The molecule has 1 fully saturated rings. The highest BCUT2D eigenvalue weighted by atomic mass is 16.5. The second kappa shape index (κ2) is 5.73. The van der Waals surface area contributed by atoms with Gasteiger partial charge in [-0.3, -0.25) is 24.6 Å². The Morgan fingerprint density at radius 1 is 1.47 bits per heavy atom. The molecule has 0 aromatic carbocycles. The third-order valence-electron chi connectivity index (χ3n) is 3.15. The van der Waals surface area contributed by atoms with Crippen LogP contribution < -0.4 is 5.56 Å². The van der Waals surface area contributed by atoms with Crippen LogP contribution in [-0.4, -0.2) is 46.7 Å². The molecule has 1 aliphatic rings. The molecule has 1 atom stereocenters. The first-order chi connectivity index (χ1) is 9.11. The number of carbonyl (C=O) groups is 2. The third-order valence-corrected chi connectivity index (χ3v) is 3.15. The molecular formula is C12H17N3O4. The fourth-order valence-corrected chi connectivity index (χ4v) is 2.23. The predicted molar refractivity (Wildman–Crippen MR) is 66.7 cm³/mol. The summed E-state index contributed by atoms with van der Waals surface area (Å²) in [6.45, 7) is 3.02. The van der Waals surface area contributed by atoms with Crippen LogP contribution in [0.25, 0.3) is 0 Å². The van der Waals surface area contributed by atoms with Gasteiger partial charge in [0.05, 0.1) is 12.5 Å². The number of likely N-dealkylation sites (tertiary alicyclic amines) is 1. The number of ether oxygens (including phenoxy) is 1. The lowest BCUT2D eigenvalue weighted by atomic mass is 9.98. The summed E-state index contributed by atoms with van der Waals surface area (Å²) in [6, 6.07) is 1.22. The molecule has 1 aliphatic heterocycles. The maximum absolute atomic E-state index is 12.1. The van der Waals surface area contributed by atoms with Crippen molar-refractivity contribution in [2.24, 2.45) is 5.92 Å². The molecule has 1 unspecified atom stereocenters. The highest BCUT2D eigenvalue weighted by Crippen LogP contribution is 2.19. The molecule has 7 heteroatoms. The van der Waals surface area contributed by atoms with Crippen LogP contribution in [0.3, 0.4) is 0 Å². The number of carbonyl (C=O) groups excluding carboxylic acids is 2. The van der Waals surface area contributed by atoms with Crippen molar-refractivity contribution in [1.29, 1.82) is 0 Å². The van der Waals surface area contributed by atoms with Crippen molar-refractivity contribution in [3.05, 3.63) is 22.1 Å². The normalized spacial score (nSPS) is 19.2. The van der Waals surface area contributed by atoms with E-state index in [1.165, 1.54) is 6.07 Å². The van der Waals surface area contributed by atoms with E-state index in [-0.39, 0.29) is 29.0 Å².